The van der Waals surface area contributed by atoms with Gasteiger partial charge in [0.2, 0.25) is 0 Å². The normalized spacial score (nSPS) is 12.3. The van der Waals surface area contributed by atoms with Gasteiger partial charge in [0.25, 0.3) is 0 Å². The molecule has 5 heteroatoms. The minimum Gasteiger partial charge on any atom is -0.492 e. The summed E-state index contributed by atoms with van der Waals surface area (Å²) < 4.78 is 7.56. The van der Waals surface area contributed by atoms with Gasteiger partial charge < -0.3 is 10.1 Å². The first-order valence-electron chi connectivity index (χ1n) is 7.13. The van der Waals surface area contributed by atoms with Crippen LogP contribution < -0.4 is 10.1 Å². The van der Waals surface area contributed by atoms with Crippen LogP contribution >= 0.6 is 11.6 Å². The standard InChI is InChI=1S/C16H22ClN3O/c1-6-21-15-8-7-13(17)9-14(15)18-10(2)16-11(3)19-20(5)12(16)4/h7-10,18H,6H2,1-5H3. The predicted molar refractivity (Wildman–Crippen MR) is 87.3 cm³/mol. The van der Waals surface area contributed by atoms with E-state index in [0.29, 0.717) is 11.6 Å². The van der Waals surface area contributed by atoms with Crippen molar-refractivity contribution in [3.05, 3.63) is 40.2 Å². The smallest absolute Gasteiger partial charge is 0.142 e. The van der Waals surface area contributed by atoms with Gasteiger partial charge in [-0.1, -0.05) is 11.6 Å². The number of rotatable bonds is 5. The Hall–Kier alpha value is -1.68. The van der Waals surface area contributed by atoms with Crippen LogP contribution in [0.1, 0.15) is 36.8 Å². The Bertz CT molecular complexity index is 637. The van der Waals surface area contributed by atoms with Gasteiger partial charge in [-0.25, -0.2) is 0 Å². The third-order valence-electron chi connectivity index (χ3n) is 3.61. The number of nitrogens with one attached hydrogen (secondary N) is 1. The molecule has 0 aliphatic rings. The fraction of sp³-hybridized carbons (Fsp3) is 0.438. The van der Waals surface area contributed by atoms with Crippen molar-refractivity contribution >= 4 is 17.3 Å². The maximum Gasteiger partial charge on any atom is 0.142 e. The van der Waals surface area contributed by atoms with E-state index in [9.17, 15) is 0 Å². The largest absolute Gasteiger partial charge is 0.492 e. The van der Waals surface area contributed by atoms with Crippen molar-refractivity contribution in [1.29, 1.82) is 0 Å². The molecule has 0 amide bonds. The molecule has 1 atom stereocenters. The van der Waals surface area contributed by atoms with Gasteiger partial charge >= 0.3 is 0 Å². The van der Waals surface area contributed by atoms with Crippen LogP contribution in [0.2, 0.25) is 5.02 Å². The zero-order valence-corrected chi connectivity index (χ0v) is 14.0. The summed E-state index contributed by atoms with van der Waals surface area (Å²) in [6, 6.07) is 5.74. The van der Waals surface area contributed by atoms with Crippen LogP contribution in [0.15, 0.2) is 18.2 Å². The number of hydrogen-bond acceptors (Lipinski definition) is 3. The molecular weight excluding hydrogens is 286 g/mol. The van der Waals surface area contributed by atoms with Crippen molar-refractivity contribution in [2.75, 3.05) is 11.9 Å². The average molecular weight is 308 g/mol. The molecule has 2 rings (SSSR count). The van der Waals surface area contributed by atoms with Crippen molar-refractivity contribution in [3.63, 3.8) is 0 Å². The molecule has 114 valence electrons. The molecule has 1 aromatic heterocycles. The zero-order chi connectivity index (χ0) is 15.6. The lowest BCUT2D eigenvalue weighted by atomic mass is 10.1. The predicted octanol–water partition coefficient (Wildman–Crippen LogP) is 4.26. The molecule has 4 nitrogen and oxygen atoms in total. The Morgan fingerprint density at radius 3 is 2.67 bits per heavy atom. The fourth-order valence-corrected chi connectivity index (χ4v) is 2.79. The van der Waals surface area contributed by atoms with Crippen molar-refractivity contribution in [3.8, 4) is 5.75 Å². The van der Waals surface area contributed by atoms with Crippen molar-refractivity contribution < 1.29 is 4.74 Å². The third-order valence-corrected chi connectivity index (χ3v) is 3.85. The molecule has 0 aliphatic heterocycles. The summed E-state index contributed by atoms with van der Waals surface area (Å²) in [5.74, 6) is 0.813. The van der Waals surface area contributed by atoms with E-state index in [1.54, 1.807) is 0 Å². The number of halogens is 1. The van der Waals surface area contributed by atoms with Gasteiger partial charge in [0, 0.05) is 23.3 Å². The highest BCUT2D eigenvalue weighted by atomic mass is 35.5. The molecule has 1 aromatic carbocycles. The van der Waals surface area contributed by atoms with Gasteiger partial charge in [0.05, 0.1) is 24.0 Å². The van der Waals surface area contributed by atoms with Gasteiger partial charge in [-0.3, -0.25) is 4.68 Å². The maximum atomic E-state index is 6.10. The Kier molecular flexibility index (Phi) is 4.78. The van der Waals surface area contributed by atoms with Crippen LogP contribution in [0.5, 0.6) is 5.75 Å². The Balaban J connectivity index is 2.30. The number of aryl methyl sites for hydroxylation is 2. The highest BCUT2D eigenvalue weighted by molar-refractivity contribution is 6.30. The lowest BCUT2D eigenvalue weighted by Gasteiger charge is -2.19. The van der Waals surface area contributed by atoms with Gasteiger partial charge in [-0.2, -0.15) is 5.10 Å². The Morgan fingerprint density at radius 1 is 1.38 bits per heavy atom. The number of ether oxygens (including phenoxy) is 1. The minimum absolute atomic E-state index is 0.122. The monoisotopic (exact) mass is 307 g/mol. The molecule has 0 aliphatic carbocycles. The SMILES string of the molecule is CCOc1ccc(Cl)cc1NC(C)c1c(C)nn(C)c1C. The first kappa shape index (κ1) is 15.7. The Morgan fingerprint density at radius 2 is 2.10 bits per heavy atom. The molecule has 0 spiro atoms. The van der Waals surface area contributed by atoms with E-state index in [4.69, 9.17) is 16.3 Å². The summed E-state index contributed by atoms with van der Waals surface area (Å²) in [6.07, 6.45) is 0. The van der Waals surface area contributed by atoms with Gasteiger partial charge in [-0.05, 0) is 45.9 Å². The molecule has 2 aromatic rings. The van der Waals surface area contributed by atoms with E-state index >= 15 is 0 Å². The number of benzene rings is 1. The van der Waals surface area contributed by atoms with Crippen molar-refractivity contribution in [2.45, 2.75) is 33.7 Å². The molecule has 1 heterocycles. The third kappa shape index (κ3) is 3.32. The van der Waals surface area contributed by atoms with Gasteiger partial charge in [0.1, 0.15) is 5.75 Å². The van der Waals surface area contributed by atoms with E-state index in [0.717, 1.165) is 22.8 Å². The quantitative estimate of drug-likeness (QED) is 0.897. The summed E-state index contributed by atoms with van der Waals surface area (Å²) in [5.41, 5.74) is 4.31. The van der Waals surface area contributed by atoms with E-state index in [1.807, 2.05) is 43.8 Å². The molecule has 1 N–H and O–H groups in total. The van der Waals surface area contributed by atoms with Gasteiger partial charge in [0.15, 0.2) is 0 Å². The first-order valence-corrected chi connectivity index (χ1v) is 7.50. The lowest BCUT2D eigenvalue weighted by molar-refractivity contribution is 0.341. The number of aromatic nitrogens is 2. The number of anilines is 1. The highest BCUT2D eigenvalue weighted by Gasteiger charge is 2.17. The Labute approximate surface area is 131 Å². The first-order chi connectivity index (χ1) is 9.93. The minimum atomic E-state index is 0.122. The van der Waals surface area contributed by atoms with E-state index in [2.05, 4.69) is 24.3 Å². The summed E-state index contributed by atoms with van der Waals surface area (Å²) >= 11 is 6.10. The molecule has 21 heavy (non-hydrogen) atoms. The molecule has 0 saturated heterocycles. The molecule has 0 bridgehead atoms. The van der Waals surface area contributed by atoms with Gasteiger partial charge in [-0.15, -0.1) is 0 Å². The van der Waals surface area contributed by atoms with Crippen LogP contribution in [0.25, 0.3) is 0 Å². The summed E-state index contributed by atoms with van der Waals surface area (Å²) in [4.78, 5) is 0. The molecular formula is C16H22ClN3O. The van der Waals surface area contributed by atoms with Crippen molar-refractivity contribution in [1.82, 2.24) is 9.78 Å². The lowest BCUT2D eigenvalue weighted by Crippen LogP contribution is -2.10. The molecule has 1 unspecified atom stereocenters. The number of hydrogen-bond donors (Lipinski definition) is 1. The summed E-state index contributed by atoms with van der Waals surface area (Å²) in [7, 11) is 1.96. The topological polar surface area (TPSA) is 39.1 Å². The molecule has 0 radical (unpaired) electrons. The van der Waals surface area contributed by atoms with E-state index < -0.39 is 0 Å². The second kappa shape index (κ2) is 6.39. The van der Waals surface area contributed by atoms with E-state index in [-0.39, 0.29) is 6.04 Å². The molecule has 0 fully saturated rings. The molecule has 0 saturated carbocycles. The maximum absolute atomic E-state index is 6.10. The second-order valence-electron chi connectivity index (χ2n) is 5.15. The number of nitrogens with zero attached hydrogens (tertiary/aromatic N) is 2. The van der Waals surface area contributed by atoms with Crippen LogP contribution in [-0.4, -0.2) is 16.4 Å². The van der Waals surface area contributed by atoms with Crippen molar-refractivity contribution in [2.24, 2.45) is 7.05 Å². The zero-order valence-electron chi connectivity index (χ0n) is 13.2. The highest BCUT2D eigenvalue weighted by Crippen LogP contribution is 2.32. The van der Waals surface area contributed by atoms with Crippen LogP contribution in [0, 0.1) is 13.8 Å². The van der Waals surface area contributed by atoms with E-state index in [1.165, 1.54) is 5.56 Å². The van der Waals surface area contributed by atoms with Crippen LogP contribution in [0.4, 0.5) is 5.69 Å². The average Bonchev–Trinajstić information content (AvgIpc) is 2.66. The summed E-state index contributed by atoms with van der Waals surface area (Å²) in [6.45, 7) is 8.82. The van der Waals surface area contributed by atoms with Crippen LogP contribution in [0.3, 0.4) is 0 Å². The fourth-order valence-electron chi connectivity index (χ4n) is 2.62. The van der Waals surface area contributed by atoms with Crippen LogP contribution in [-0.2, 0) is 7.05 Å². The second-order valence-corrected chi connectivity index (χ2v) is 5.58. The summed E-state index contributed by atoms with van der Waals surface area (Å²) in [5, 5.41) is 8.64.